The van der Waals surface area contributed by atoms with Gasteiger partial charge in [0, 0.05) is 17.5 Å². The number of aliphatic carboxylic acids is 1. The number of benzene rings is 2. The van der Waals surface area contributed by atoms with E-state index < -0.39 is 23.8 Å². The van der Waals surface area contributed by atoms with Gasteiger partial charge in [0.15, 0.2) is 0 Å². The van der Waals surface area contributed by atoms with E-state index in [1.165, 1.54) is 6.07 Å². The van der Waals surface area contributed by atoms with Crippen LogP contribution in [0.2, 0.25) is 0 Å². The Balaban J connectivity index is 1.55. The summed E-state index contributed by atoms with van der Waals surface area (Å²) in [6, 6.07) is 9.36. The molecule has 4 nitrogen and oxygen atoms in total. The predicted octanol–water partition coefficient (Wildman–Crippen LogP) is 4.72. The lowest BCUT2D eigenvalue weighted by molar-refractivity contribution is -0.138. The minimum atomic E-state index is -4.37. The summed E-state index contributed by atoms with van der Waals surface area (Å²) in [5, 5.41) is 8.96. The highest BCUT2D eigenvalue weighted by Crippen LogP contribution is 2.43. The smallest absolute Gasteiger partial charge is 0.416 e. The Bertz CT molecular complexity index is 891. The average Bonchev–Trinajstić information content (AvgIpc) is 3.18. The van der Waals surface area contributed by atoms with Crippen LogP contribution in [0.3, 0.4) is 0 Å². The van der Waals surface area contributed by atoms with E-state index in [-0.39, 0.29) is 12.3 Å². The molecule has 0 fully saturated rings. The molecule has 0 aromatic heterocycles. The molecule has 4 rings (SSSR count). The van der Waals surface area contributed by atoms with Gasteiger partial charge in [-0.25, -0.2) is 0 Å². The van der Waals surface area contributed by atoms with Gasteiger partial charge >= 0.3 is 12.1 Å². The lowest BCUT2D eigenvalue weighted by Gasteiger charge is -2.17. The topological polar surface area (TPSA) is 55.8 Å². The van der Waals surface area contributed by atoms with E-state index in [1.807, 2.05) is 0 Å². The molecule has 1 aliphatic carbocycles. The minimum absolute atomic E-state index is 0.0105. The van der Waals surface area contributed by atoms with Crippen LogP contribution >= 0.6 is 0 Å². The summed E-state index contributed by atoms with van der Waals surface area (Å²) in [7, 11) is 0. The molecule has 7 heteroatoms. The van der Waals surface area contributed by atoms with E-state index in [4.69, 9.17) is 14.6 Å². The second-order valence-corrected chi connectivity index (χ2v) is 6.82. The molecule has 1 aliphatic heterocycles. The van der Waals surface area contributed by atoms with Gasteiger partial charge in [-0.05, 0) is 36.1 Å². The van der Waals surface area contributed by atoms with Crippen LogP contribution in [-0.4, -0.2) is 17.7 Å². The fraction of sp³-hybridized carbons (Fsp3) is 0.350. The van der Waals surface area contributed by atoms with Gasteiger partial charge in [-0.15, -0.1) is 0 Å². The Labute approximate surface area is 153 Å². The largest absolute Gasteiger partial charge is 0.492 e. The Hall–Kier alpha value is -2.70. The first-order chi connectivity index (χ1) is 12.8. The molecule has 0 radical (unpaired) electrons. The molecule has 0 bridgehead atoms. The molecule has 0 amide bonds. The molecular formula is C20H17F3O4. The third-order valence-corrected chi connectivity index (χ3v) is 5.09. The number of carbonyl (C=O) groups is 1. The summed E-state index contributed by atoms with van der Waals surface area (Å²) in [6.45, 7) is 0.298. The molecule has 2 aliphatic rings. The van der Waals surface area contributed by atoms with Gasteiger partial charge in [0.2, 0.25) is 0 Å². The molecular weight excluding hydrogens is 361 g/mol. The van der Waals surface area contributed by atoms with E-state index in [1.54, 1.807) is 24.3 Å². The van der Waals surface area contributed by atoms with Crippen LogP contribution < -0.4 is 9.47 Å². The number of rotatable bonds is 4. The standard InChI is InChI=1S/C20H17F3O4/c21-20(22,23)16-3-1-2-15-14(16)6-7-17(15)27-12-4-5-13-11(8-19(24)25)10-26-18(13)9-12/h1-5,9,11,17H,6-8,10H2,(H,24,25)/t11-,17+/m0/s1. The first-order valence-electron chi connectivity index (χ1n) is 8.67. The molecule has 0 spiro atoms. The van der Waals surface area contributed by atoms with Crippen molar-refractivity contribution in [3.63, 3.8) is 0 Å². The van der Waals surface area contributed by atoms with Crippen LogP contribution in [0, 0.1) is 0 Å². The zero-order chi connectivity index (χ0) is 19.2. The van der Waals surface area contributed by atoms with E-state index in [0.717, 1.165) is 11.6 Å². The van der Waals surface area contributed by atoms with Crippen molar-refractivity contribution in [2.24, 2.45) is 0 Å². The van der Waals surface area contributed by atoms with E-state index in [9.17, 15) is 18.0 Å². The summed E-state index contributed by atoms with van der Waals surface area (Å²) < 4.78 is 51.0. The SMILES string of the molecule is O=C(O)C[C@H]1COc2cc(O[C@@H]3CCc4c3cccc4C(F)(F)F)ccc21. The molecule has 2 atom stereocenters. The summed E-state index contributed by atoms with van der Waals surface area (Å²) in [5.41, 5.74) is 1.08. The van der Waals surface area contributed by atoms with Crippen molar-refractivity contribution in [2.45, 2.75) is 37.5 Å². The number of ether oxygens (including phenoxy) is 2. The Morgan fingerprint density at radius 1 is 1.22 bits per heavy atom. The maximum atomic E-state index is 13.2. The van der Waals surface area contributed by atoms with Crippen molar-refractivity contribution in [3.05, 3.63) is 58.7 Å². The number of carboxylic acid groups (broad SMARTS) is 1. The van der Waals surface area contributed by atoms with Crippen LogP contribution in [0.5, 0.6) is 11.5 Å². The highest BCUT2D eigenvalue weighted by atomic mass is 19.4. The zero-order valence-electron chi connectivity index (χ0n) is 14.3. The van der Waals surface area contributed by atoms with E-state index in [2.05, 4.69) is 0 Å². The summed E-state index contributed by atoms with van der Waals surface area (Å²) >= 11 is 0. The summed E-state index contributed by atoms with van der Waals surface area (Å²) in [4.78, 5) is 10.9. The third-order valence-electron chi connectivity index (χ3n) is 5.09. The molecule has 0 saturated carbocycles. The first kappa shape index (κ1) is 17.7. The van der Waals surface area contributed by atoms with Gasteiger partial charge < -0.3 is 14.6 Å². The fourth-order valence-electron chi connectivity index (χ4n) is 3.88. The lowest BCUT2D eigenvalue weighted by Crippen LogP contribution is -2.09. The fourth-order valence-corrected chi connectivity index (χ4v) is 3.88. The van der Waals surface area contributed by atoms with Crippen LogP contribution in [0.15, 0.2) is 36.4 Å². The van der Waals surface area contributed by atoms with Gasteiger partial charge in [-0.2, -0.15) is 13.2 Å². The lowest BCUT2D eigenvalue weighted by atomic mass is 9.98. The molecule has 0 saturated heterocycles. The maximum Gasteiger partial charge on any atom is 0.416 e. The normalized spacial score (nSPS) is 20.7. The van der Waals surface area contributed by atoms with Crippen molar-refractivity contribution in [2.75, 3.05) is 6.61 Å². The highest BCUT2D eigenvalue weighted by molar-refractivity contribution is 5.68. The Morgan fingerprint density at radius 2 is 2.04 bits per heavy atom. The molecule has 1 N–H and O–H groups in total. The Kier molecular flexibility index (Phi) is 4.25. The van der Waals surface area contributed by atoms with Crippen molar-refractivity contribution >= 4 is 5.97 Å². The second-order valence-electron chi connectivity index (χ2n) is 6.82. The number of hydrogen-bond donors (Lipinski definition) is 1. The van der Waals surface area contributed by atoms with Crippen molar-refractivity contribution in [1.82, 2.24) is 0 Å². The van der Waals surface area contributed by atoms with E-state index in [0.29, 0.717) is 42.1 Å². The van der Waals surface area contributed by atoms with Gasteiger partial charge in [0.25, 0.3) is 0 Å². The average molecular weight is 378 g/mol. The van der Waals surface area contributed by atoms with Crippen LogP contribution in [-0.2, 0) is 17.4 Å². The first-order valence-corrected chi connectivity index (χ1v) is 8.67. The van der Waals surface area contributed by atoms with E-state index >= 15 is 0 Å². The van der Waals surface area contributed by atoms with Crippen LogP contribution in [0.1, 0.15) is 47.1 Å². The number of hydrogen-bond acceptors (Lipinski definition) is 3. The number of halogens is 3. The third kappa shape index (κ3) is 3.34. The molecule has 1 heterocycles. The van der Waals surface area contributed by atoms with Crippen molar-refractivity contribution in [3.8, 4) is 11.5 Å². The van der Waals surface area contributed by atoms with Gasteiger partial charge in [0.05, 0.1) is 18.6 Å². The quantitative estimate of drug-likeness (QED) is 0.836. The molecule has 2 aromatic rings. The van der Waals surface area contributed by atoms with Crippen molar-refractivity contribution in [1.29, 1.82) is 0 Å². The molecule has 2 aromatic carbocycles. The number of fused-ring (bicyclic) bond motifs is 2. The second kappa shape index (κ2) is 6.48. The van der Waals surface area contributed by atoms with Crippen LogP contribution in [0.25, 0.3) is 0 Å². The highest BCUT2D eigenvalue weighted by Gasteiger charge is 2.38. The molecule has 0 unspecified atom stereocenters. The predicted molar refractivity (Wildman–Crippen MR) is 90.1 cm³/mol. The monoisotopic (exact) mass is 378 g/mol. The van der Waals surface area contributed by atoms with Crippen LogP contribution in [0.4, 0.5) is 13.2 Å². The van der Waals surface area contributed by atoms with Crippen molar-refractivity contribution < 1.29 is 32.5 Å². The number of carboxylic acids is 1. The zero-order valence-corrected chi connectivity index (χ0v) is 14.3. The van der Waals surface area contributed by atoms with Gasteiger partial charge in [0.1, 0.15) is 17.6 Å². The maximum absolute atomic E-state index is 13.2. The van der Waals surface area contributed by atoms with Gasteiger partial charge in [-0.1, -0.05) is 18.2 Å². The minimum Gasteiger partial charge on any atom is -0.492 e. The molecule has 142 valence electrons. The summed E-state index contributed by atoms with van der Waals surface area (Å²) in [5.74, 6) is -0.0195. The van der Waals surface area contributed by atoms with Gasteiger partial charge in [-0.3, -0.25) is 4.79 Å². The summed E-state index contributed by atoms with van der Waals surface area (Å²) in [6.07, 6.45) is -4.04. The Morgan fingerprint density at radius 3 is 2.78 bits per heavy atom. The molecule has 27 heavy (non-hydrogen) atoms. The number of alkyl halides is 3.